The van der Waals surface area contributed by atoms with Crippen molar-refractivity contribution in [1.82, 2.24) is 10.2 Å². The van der Waals surface area contributed by atoms with Crippen molar-refractivity contribution in [2.45, 2.75) is 19.4 Å². The molecule has 17 heavy (non-hydrogen) atoms. The minimum Gasteiger partial charge on any atom is -0.497 e. The van der Waals surface area contributed by atoms with E-state index in [2.05, 4.69) is 34.6 Å². The lowest BCUT2D eigenvalue weighted by Crippen LogP contribution is -2.17. The molecule has 1 unspecified atom stereocenters. The maximum atomic E-state index is 5.13. The first-order valence-corrected chi connectivity index (χ1v) is 5.66. The fourth-order valence-corrected chi connectivity index (χ4v) is 1.78. The highest BCUT2D eigenvalue weighted by Gasteiger charge is 2.04. The minimum absolute atomic E-state index is 0.362. The van der Waals surface area contributed by atoms with E-state index < -0.39 is 0 Å². The number of anilines is 1. The van der Waals surface area contributed by atoms with Crippen molar-refractivity contribution in [3.8, 4) is 5.75 Å². The van der Waals surface area contributed by atoms with Gasteiger partial charge in [-0.15, -0.1) is 0 Å². The summed E-state index contributed by atoms with van der Waals surface area (Å²) in [6, 6.07) is 8.51. The molecule has 90 valence electrons. The second kappa shape index (κ2) is 5.39. The first-order chi connectivity index (χ1) is 8.28. The van der Waals surface area contributed by atoms with Crippen molar-refractivity contribution < 1.29 is 4.74 Å². The summed E-state index contributed by atoms with van der Waals surface area (Å²) in [5.74, 6) is 0.893. The number of rotatable bonds is 5. The predicted molar refractivity (Wildman–Crippen MR) is 68.4 cm³/mol. The molecular formula is C13H17N3O. The number of aromatic nitrogens is 2. The number of methoxy groups -OCH3 is 1. The number of aromatic amines is 1. The Morgan fingerprint density at radius 3 is 2.71 bits per heavy atom. The maximum absolute atomic E-state index is 5.13. The topological polar surface area (TPSA) is 49.9 Å². The standard InChI is InChI=1S/C13H17N3O/c1-10(16-12-8-14-15-9-12)7-11-3-5-13(17-2)6-4-11/h3-6,8-10,16H,7H2,1-2H3,(H,14,15). The van der Waals surface area contributed by atoms with E-state index in [4.69, 9.17) is 4.74 Å². The summed E-state index contributed by atoms with van der Waals surface area (Å²) in [7, 11) is 1.68. The van der Waals surface area contributed by atoms with E-state index in [9.17, 15) is 0 Å². The van der Waals surface area contributed by atoms with Gasteiger partial charge >= 0.3 is 0 Å². The van der Waals surface area contributed by atoms with Crippen molar-refractivity contribution in [2.24, 2.45) is 0 Å². The third-order valence-electron chi connectivity index (χ3n) is 2.61. The van der Waals surface area contributed by atoms with Gasteiger partial charge in [-0.2, -0.15) is 5.10 Å². The Hall–Kier alpha value is -1.97. The van der Waals surface area contributed by atoms with Gasteiger partial charge in [0.25, 0.3) is 0 Å². The third kappa shape index (κ3) is 3.24. The van der Waals surface area contributed by atoms with Gasteiger partial charge in [-0.05, 0) is 31.0 Å². The maximum Gasteiger partial charge on any atom is 0.118 e. The molecule has 4 heteroatoms. The van der Waals surface area contributed by atoms with Crippen LogP contribution in [0.15, 0.2) is 36.7 Å². The Morgan fingerprint density at radius 1 is 1.35 bits per heavy atom. The summed E-state index contributed by atoms with van der Waals surface area (Å²) >= 11 is 0. The average Bonchev–Trinajstić information content (AvgIpc) is 2.82. The Bertz CT molecular complexity index is 436. The van der Waals surface area contributed by atoms with E-state index >= 15 is 0 Å². The molecule has 2 N–H and O–H groups in total. The van der Waals surface area contributed by atoms with Gasteiger partial charge in [0.15, 0.2) is 0 Å². The fourth-order valence-electron chi connectivity index (χ4n) is 1.78. The second-order valence-corrected chi connectivity index (χ2v) is 4.08. The molecule has 1 heterocycles. The van der Waals surface area contributed by atoms with Crippen LogP contribution in [-0.2, 0) is 6.42 Å². The summed E-state index contributed by atoms with van der Waals surface area (Å²) in [4.78, 5) is 0. The number of hydrogen-bond acceptors (Lipinski definition) is 3. The molecule has 1 atom stereocenters. The molecule has 0 fully saturated rings. The van der Waals surface area contributed by atoms with Crippen molar-refractivity contribution >= 4 is 5.69 Å². The Morgan fingerprint density at radius 2 is 2.12 bits per heavy atom. The zero-order valence-electron chi connectivity index (χ0n) is 10.1. The van der Waals surface area contributed by atoms with Gasteiger partial charge in [0.05, 0.1) is 19.0 Å². The molecule has 0 spiro atoms. The number of benzene rings is 1. The van der Waals surface area contributed by atoms with Crippen LogP contribution in [0, 0.1) is 0 Å². The van der Waals surface area contributed by atoms with Crippen LogP contribution < -0.4 is 10.1 Å². The Balaban J connectivity index is 1.91. The molecule has 2 aromatic rings. The average molecular weight is 231 g/mol. The highest BCUT2D eigenvalue weighted by Crippen LogP contribution is 2.14. The van der Waals surface area contributed by atoms with Gasteiger partial charge in [0.2, 0.25) is 0 Å². The van der Waals surface area contributed by atoms with Crippen LogP contribution >= 0.6 is 0 Å². The molecule has 0 bridgehead atoms. The van der Waals surface area contributed by atoms with Crippen LogP contribution in [0.3, 0.4) is 0 Å². The first kappa shape index (κ1) is 11.5. The van der Waals surface area contributed by atoms with E-state index in [1.165, 1.54) is 5.56 Å². The molecule has 0 saturated carbocycles. The van der Waals surface area contributed by atoms with Crippen molar-refractivity contribution in [3.63, 3.8) is 0 Å². The molecule has 0 amide bonds. The molecule has 0 aliphatic heterocycles. The monoisotopic (exact) mass is 231 g/mol. The van der Waals surface area contributed by atoms with Gasteiger partial charge in [-0.25, -0.2) is 0 Å². The van der Waals surface area contributed by atoms with Crippen LogP contribution in [0.2, 0.25) is 0 Å². The normalized spacial score (nSPS) is 12.1. The van der Waals surface area contributed by atoms with Crippen LogP contribution in [0.5, 0.6) is 5.75 Å². The molecular weight excluding hydrogens is 214 g/mol. The van der Waals surface area contributed by atoms with E-state index in [0.29, 0.717) is 6.04 Å². The zero-order valence-corrected chi connectivity index (χ0v) is 10.1. The van der Waals surface area contributed by atoms with Crippen molar-refractivity contribution in [2.75, 3.05) is 12.4 Å². The molecule has 0 radical (unpaired) electrons. The van der Waals surface area contributed by atoms with Gasteiger partial charge < -0.3 is 10.1 Å². The molecule has 2 rings (SSSR count). The lowest BCUT2D eigenvalue weighted by molar-refractivity contribution is 0.414. The van der Waals surface area contributed by atoms with Gasteiger partial charge in [-0.1, -0.05) is 12.1 Å². The van der Waals surface area contributed by atoms with E-state index in [1.807, 2.05) is 18.3 Å². The molecule has 0 aliphatic carbocycles. The van der Waals surface area contributed by atoms with Crippen LogP contribution in [0.1, 0.15) is 12.5 Å². The largest absolute Gasteiger partial charge is 0.497 e. The predicted octanol–water partition coefficient (Wildman–Crippen LogP) is 2.46. The molecule has 0 saturated heterocycles. The summed E-state index contributed by atoms with van der Waals surface area (Å²) in [6.45, 7) is 2.15. The number of H-pyrrole nitrogens is 1. The number of ether oxygens (including phenoxy) is 1. The molecule has 1 aromatic carbocycles. The number of nitrogens with one attached hydrogen (secondary N) is 2. The lowest BCUT2D eigenvalue weighted by Gasteiger charge is -2.13. The zero-order chi connectivity index (χ0) is 12.1. The highest BCUT2D eigenvalue weighted by molar-refractivity contribution is 5.39. The van der Waals surface area contributed by atoms with Gasteiger partial charge in [0, 0.05) is 12.2 Å². The number of hydrogen-bond donors (Lipinski definition) is 2. The Kier molecular flexibility index (Phi) is 3.65. The summed E-state index contributed by atoms with van der Waals surface area (Å²) < 4.78 is 5.13. The summed E-state index contributed by atoms with van der Waals surface area (Å²) in [6.07, 6.45) is 4.60. The lowest BCUT2D eigenvalue weighted by atomic mass is 10.1. The van der Waals surface area contributed by atoms with Crippen LogP contribution in [0.25, 0.3) is 0 Å². The van der Waals surface area contributed by atoms with Gasteiger partial charge in [-0.3, -0.25) is 5.10 Å². The SMILES string of the molecule is COc1ccc(CC(C)Nc2cn[nH]c2)cc1. The molecule has 4 nitrogen and oxygen atoms in total. The summed E-state index contributed by atoms with van der Waals surface area (Å²) in [5, 5.41) is 10.1. The first-order valence-electron chi connectivity index (χ1n) is 5.66. The number of nitrogens with zero attached hydrogens (tertiary/aromatic N) is 1. The van der Waals surface area contributed by atoms with Crippen molar-refractivity contribution in [3.05, 3.63) is 42.2 Å². The quantitative estimate of drug-likeness (QED) is 0.831. The van der Waals surface area contributed by atoms with E-state index in [1.54, 1.807) is 13.3 Å². The van der Waals surface area contributed by atoms with Crippen LogP contribution in [0.4, 0.5) is 5.69 Å². The third-order valence-corrected chi connectivity index (χ3v) is 2.61. The van der Waals surface area contributed by atoms with Crippen molar-refractivity contribution in [1.29, 1.82) is 0 Å². The minimum atomic E-state index is 0.362. The smallest absolute Gasteiger partial charge is 0.118 e. The summed E-state index contributed by atoms with van der Waals surface area (Å²) in [5.41, 5.74) is 2.31. The second-order valence-electron chi connectivity index (χ2n) is 4.08. The fraction of sp³-hybridized carbons (Fsp3) is 0.308. The van der Waals surface area contributed by atoms with E-state index in [0.717, 1.165) is 17.9 Å². The van der Waals surface area contributed by atoms with E-state index in [-0.39, 0.29) is 0 Å². The van der Waals surface area contributed by atoms with Gasteiger partial charge in [0.1, 0.15) is 5.75 Å². The molecule has 1 aromatic heterocycles. The highest BCUT2D eigenvalue weighted by atomic mass is 16.5. The molecule has 0 aliphatic rings. The van der Waals surface area contributed by atoms with Crippen LogP contribution in [-0.4, -0.2) is 23.3 Å². The Labute approximate surface area is 101 Å².